The van der Waals surface area contributed by atoms with E-state index in [2.05, 4.69) is 45.2 Å². The zero-order chi connectivity index (χ0) is 23.9. The molecule has 1 aliphatic carbocycles. The number of carbonyl (C=O) groups excluding carboxylic acids is 1. The fraction of sp³-hybridized carbons (Fsp3) is 0.481. The van der Waals surface area contributed by atoms with Crippen LogP contribution in [0.1, 0.15) is 63.5 Å². The van der Waals surface area contributed by atoms with Crippen molar-refractivity contribution in [3.63, 3.8) is 0 Å². The third-order valence-corrected chi connectivity index (χ3v) is 8.00. The number of benzene rings is 1. The van der Waals surface area contributed by atoms with E-state index in [1.807, 2.05) is 9.42 Å². The van der Waals surface area contributed by atoms with Crippen molar-refractivity contribution in [2.24, 2.45) is 5.92 Å². The lowest BCUT2D eigenvalue weighted by Gasteiger charge is -2.31. The molecule has 1 saturated carbocycles. The van der Waals surface area contributed by atoms with Crippen LogP contribution >= 0.6 is 0 Å². The molecule has 6 rings (SSSR count). The highest BCUT2D eigenvalue weighted by molar-refractivity contribution is 5.92. The monoisotopic (exact) mass is 471 g/mol. The number of likely N-dealkylation sites (tertiary alicyclic amines) is 1. The summed E-state index contributed by atoms with van der Waals surface area (Å²) in [5, 5.41) is 10.7. The van der Waals surface area contributed by atoms with Gasteiger partial charge in [0.15, 0.2) is 5.82 Å². The van der Waals surface area contributed by atoms with Gasteiger partial charge < -0.3 is 10.6 Å². The first-order valence-corrected chi connectivity index (χ1v) is 12.9. The number of hydrogen-bond acceptors (Lipinski definition) is 5. The Balaban J connectivity index is 1.34. The second-order valence-electron chi connectivity index (χ2n) is 10.3. The molecule has 1 amide bonds. The van der Waals surface area contributed by atoms with Crippen LogP contribution in [0.4, 0.5) is 5.82 Å². The number of carbonyl (C=O) groups is 1. The topological polar surface area (TPSA) is 94.3 Å². The molecule has 35 heavy (non-hydrogen) atoms. The molecule has 0 unspecified atom stereocenters. The first-order valence-electron chi connectivity index (χ1n) is 12.9. The zero-order valence-corrected chi connectivity index (χ0v) is 20.4. The number of nitrogens with two attached hydrogens (primary N) is 1. The summed E-state index contributed by atoms with van der Waals surface area (Å²) in [4.78, 5) is 18.0. The summed E-state index contributed by atoms with van der Waals surface area (Å²) >= 11 is 0. The lowest BCUT2D eigenvalue weighted by atomic mass is 9.89. The molecular weight excluding hydrogens is 438 g/mol. The summed E-state index contributed by atoms with van der Waals surface area (Å²) in [6.07, 6.45) is 12.2. The summed E-state index contributed by atoms with van der Waals surface area (Å²) < 4.78 is 4.09. The van der Waals surface area contributed by atoms with Gasteiger partial charge in [0.1, 0.15) is 11.8 Å². The van der Waals surface area contributed by atoms with Crippen LogP contribution in [-0.2, 0) is 11.3 Å². The van der Waals surface area contributed by atoms with E-state index in [1.165, 1.54) is 38.4 Å². The Kier molecular flexibility index (Phi) is 5.66. The molecule has 1 aromatic carbocycles. The normalized spacial score (nSPS) is 18.0. The van der Waals surface area contributed by atoms with Crippen LogP contribution in [0.25, 0.3) is 27.5 Å². The maximum atomic E-state index is 11.8. The average Bonchev–Trinajstić information content (AvgIpc) is 3.46. The molecule has 0 radical (unpaired) electrons. The van der Waals surface area contributed by atoms with E-state index < -0.39 is 0 Å². The molecule has 0 spiro atoms. The number of fused-ring (bicyclic) bond motifs is 2. The fourth-order valence-corrected chi connectivity index (χ4v) is 6.06. The van der Waals surface area contributed by atoms with Gasteiger partial charge in [-0.2, -0.15) is 10.2 Å². The molecule has 2 aliphatic rings. The Labute approximate surface area is 205 Å². The number of anilines is 1. The van der Waals surface area contributed by atoms with Gasteiger partial charge in [-0.05, 0) is 49.3 Å². The Hall–Kier alpha value is -3.42. The van der Waals surface area contributed by atoms with Crippen molar-refractivity contribution in [2.75, 3.05) is 18.8 Å². The van der Waals surface area contributed by atoms with Gasteiger partial charge in [0.25, 0.3) is 0 Å². The van der Waals surface area contributed by atoms with E-state index in [4.69, 9.17) is 10.8 Å². The summed E-state index contributed by atoms with van der Waals surface area (Å²) in [6, 6.07) is 8.69. The van der Waals surface area contributed by atoms with Gasteiger partial charge in [0.2, 0.25) is 5.91 Å². The molecule has 8 nitrogen and oxygen atoms in total. The van der Waals surface area contributed by atoms with E-state index in [-0.39, 0.29) is 5.91 Å². The second-order valence-corrected chi connectivity index (χ2v) is 10.3. The van der Waals surface area contributed by atoms with Gasteiger partial charge >= 0.3 is 0 Å². The van der Waals surface area contributed by atoms with Crippen LogP contribution in [0.3, 0.4) is 0 Å². The highest BCUT2D eigenvalue weighted by Crippen LogP contribution is 2.37. The predicted octanol–water partition coefficient (Wildman–Crippen LogP) is 4.63. The molecule has 2 N–H and O–H groups in total. The van der Waals surface area contributed by atoms with Crippen molar-refractivity contribution in [1.29, 1.82) is 0 Å². The Morgan fingerprint density at radius 1 is 1.09 bits per heavy atom. The molecule has 4 aromatic rings. The van der Waals surface area contributed by atoms with Gasteiger partial charge in [-0.15, -0.1) is 0 Å². The first-order chi connectivity index (χ1) is 17.1. The number of nitrogens with zero attached hydrogens (tertiary/aromatic N) is 6. The van der Waals surface area contributed by atoms with E-state index in [9.17, 15) is 4.79 Å². The minimum absolute atomic E-state index is 0.145. The molecular formula is C27H33N7O. The number of piperidine rings is 1. The summed E-state index contributed by atoms with van der Waals surface area (Å²) in [5.41, 5.74) is 11.5. The number of amides is 1. The molecule has 182 valence electrons. The zero-order valence-electron chi connectivity index (χ0n) is 20.4. The lowest BCUT2D eigenvalue weighted by molar-refractivity contribution is -0.129. The van der Waals surface area contributed by atoms with Crippen LogP contribution in [0.15, 0.2) is 36.8 Å². The molecule has 0 bridgehead atoms. The van der Waals surface area contributed by atoms with Crippen LogP contribution in [0.2, 0.25) is 0 Å². The molecule has 2 fully saturated rings. The van der Waals surface area contributed by atoms with Crippen molar-refractivity contribution >= 4 is 28.1 Å². The molecule has 0 atom stereocenters. The minimum Gasteiger partial charge on any atom is -0.382 e. The van der Waals surface area contributed by atoms with Gasteiger partial charge in [-0.3, -0.25) is 9.48 Å². The van der Waals surface area contributed by atoms with Gasteiger partial charge in [-0.1, -0.05) is 31.4 Å². The third kappa shape index (κ3) is 4.15. The first kappa shape index (κ1) is 22.1. The largest absolute Gasteiger partial charge is 0.382 e. The Morgan fingerprint density at radius 2 is 1.89 bits per heavy atom. The van der Waals surface area contributed by atoms with Crippen LogP contribution in [0.5, 0.6) is 0 Å². The number of hydrogen-bond donors (Lipinski definition) is 1. The van der Waals surface area contributed by atoms with E-state index >= 15 is 0 Å². The summed E-state index contributed by atoms with van der Waals surface area (Å²) in [6.45, 7) is 4.19. The lowest BCUT2D eigenvalue weighted by Crippen LogP contribution is -2.36. The summed E-state index contributed by atoms with van der Waals surface area (Å²) in [7, 11) is 0. The highest BCUT2D eigenvalue weighted by Gasteiger charge is 2.27. The molecule has 3 aromatic heterocycles. The Bertz CT molecular complexity index is 1370. The van der Waals surface area contributed by atoms with Gasteiger partial charge in [-0.25, -0.2) is 9.50 Å². The van der Waals surface area contributed by atoms with Crippen molar-refractivity contribution in [3.05, 3.63) is 42.5 Å². The van der Waals surface area contributed by atoms with Crippen molar-refractivity contribution in [3.8, 4) is 11.1 Å². The molecule has 1 saturated heterocycles. The Morgan fingerprint density at radius 3 is 2.66 bits per heavy atom. The van der Waals surface area contributed by atoms with E-state index in [1.54, 1.807) is 6.92 Å². The van der Waals surface area contributed by atoms with Crippen molar-refractivity contribution in [2.45, 2.75) is 64.3 Å². The van der Waals surface area contributed by atoms with Crippen LogP contribution in [0, 0.1) is 5.92 Å². The number of nitrogen functional groups attached to an aromatic ring is 1. The van der Waals surface area contributed by atoms with Crippen LogP contribution in [-0.4, -0.2) is 48.3 Å². The van der Waals surface area contributed by atoms with Crippen molar-refractivity contribution in [1.82, 2.24) is 29.3 Å². The van der Waals surface area contributed by atoms with Gasteiger partial charge in [0.05, 0.1) is 5.52 Å². The van der Waals surface area contributed by atoms with Crippen molar-refractivity contribution < 1.29 is 4.79 Å². The van der Waals surface area contributed by atoms with Crippen LogP contribution < -0.4 is 5.73 Å². The maximum absolute atomic E-state index is 11.8. The molecule has 8 heteroatoms. The number of rotatable bonds is 4. The SMILES string of the molecule is CC(=O)N1CCC(c2cc(-c3ccc4cn(CC5CCCCC5)nc4c3)c3c(N)ncnn23)CC1. The minimum atomic E-state index is 0.145. The standard InChI is InChI=1S/C27H33N7O/c1-18(35)32-11-9-20(10-12-32)25-14-23(26-27(28)29-17-30-34(25)26)21-7-8-22-16-33(31-24(22)13-21)15-19-5-3-2-4-6-19/h7-8,13-14,16-17,19-20H,2-6,9-12,15H2,1H3,(H2,28,29,30). The number of aromatic nitrogens is 5. The van der Waals surface area contributed by atoms with E-state index in [0.717, 1.165) is 71.6 Å². The third-order valence-electron chi connectivity index (χ3n) is 8.00. The molecule has 1 aliphatic heterocycles. The second kappa shape index (κ2) is 8.98. The quantitative estimate of drug-likeness (QED) is 0.468. The van der Waals surface area contributed by atoms with Gasteiger partial charge in [0, 0.05) is 55.3 Å². The molecule has 4 heterocycles. The van der Waals surface area contributed by atoms with E-state index in [0.29, 0.717) is 11.7 Å². The smallest absolute Gasteiger partial charge is 0.219 e. The average molecular weight is 472 g/mol. The predicted molar refractivity (Wildman–Crippen MR) is 137 cm³/mol. The summed E-state index contributed by atoms with van der Waals surface area (Å²) in [5.74, 6) is 1.68. The highest BCUT2D eigenvalue weighted by atomic mass is 16.2. The fourth-order valence-electron chi connectivity index (χ4n) is 6.06. The maximum Gasteiger partial charge on any atom is 0.219 e.